The van der Waals surface area contributed by atoms with Crippen LogP contribution in [0.5, 0.6) is 5.88 Å². The number of rotatable bonds is 5. The van der Waals surface area contributed by atoms with Crippen molar-refractivity contribution < 1.29 is 14.6 Å². The second-order valence-electron chi connectivity index (χ2n) is 5.38. The van der Waals surface area contributed by atoms with Gasteiger partial charge in [0.05, 0.1) is 18.7 Å². The molecule has 0 amide bonds. The van der Waals surface area contributed by atoms with Gasteiger partial charge in [-0.2, -0.15) is 0 Å². The smallest absolute Gasteiger partial charge is 0.308 e. The van der Waals surface area contributed by atoms with Crippen molar-refractivity contribution in [2.75, 3.05) is 7.11 Å². The quantitative estimate of drug-likeness (QED) is 0.885. The zero-order valence-electron chi connectivity index (χ0n) is 12.3. The molecule has 22 heavy (non-hydrogen) atoms. The first kappa shape index (κ1) is 14.5. The number of carboxylic acids is 1. The van der Waals surface area contributed by atoms with Gasteiger partial charge in [0.2, 0.25) is 5.88 Å². The van der Waals surface area contributed by atoms with Crippen LogP contribution in [0, 0.1) is 5.92 Å². The van der Waals surface area contributed by atoms with Crippen LogP contribution in [0.1, 0.15) is 22.9 Å². The first-order valence-corrected chi connectivity index (χ1v) is 7.23. The number of hydrogen-bond acceptors (Lipinski definition) is 4. The summed E-state index contributed by atoms with van der Waals surface area (Å²) in [6.07, 6.45) is 0.564. The van der Waals surface area contributed by atoms with E-state index in [2.05, 4.69) is 10.3 Å². The molecule has 2 aromatic rings. The van der Waals surface area contributed by atoms with Crippen molar-refractivity contribution in [1.82, 2.24) is 10.3 Å². The maximum Gasteiger partial charge on any atom is 0.308 e. The highest BCUT2D eigenvalue weighted by atomic mass is 16.5. The highest BCUT2D eigenvalue weighted by molar-refractivity contribution is 5.73. The van der Waals surface area contributed by atoms with Gasteiger partial charge in [0.1, 0.15) is 0 Å². The minimum absolute atomic E-state index is 0.193. The van der Waals surface area contributed by atoms with Crippen molar-refractivity contribution in [3.05, 3.63) is 59.3 Å². The van der Waals surface area contributed by atoms with Gasteiger partial charge in [-0.15, -0.1) is 0 Å². The number of ether oxygens (including phenoxy) is 1. The lowest BCUT2D eigenvalue weighted by atomic mass is 10.0. The maximum atomic E-state index is 11.5. The molecule has 2 N–H and O–H groups in total. The summed E-state index contributed by atoms with van der Waals surface area (Å²) < 4.78 is 5.11. The molecule has 0 unspecified atom stereocenters. The Kier molecular flexibility index (Phi) is 4.06. The molecular formula is C17H18N2O3. The number of hydrogen-bond donors (Lipinski definition) is 2. The molecule has 0 saturated heterocycles. The number of carbonyl (C=O) groups is 1. The van der Waals surface area contributed by atoms with E-state index in [1.807, 2.05) is 36.4 Å². The van der Waals surface area contributed by atoms with E-state index in [4.69, 9.17) is 4.74 Å². The Balaban J connectivity index is 1.78. The van der Waals surface area contributed by atoms with Gasteiger partial charge in [0.25, 0.3) is 0 Å². The monoisotopic (exact) mass is 298 g/mol. The molecular weight excluding hydrogens is 280 g/mol. The van der Waals surface area contributed by atoms with Gasteiger partial charge in [-0.1, -0.05) is 30.3 Å². The zero-order valence-corrected chi connectivity index (χ0v) is 12.3. The van der Waals surface area contributed by atoms with Crippen LogP contribution in [0.4, 0.5) is 0 Å². The Morgan fingerprint density at radius 2 is 2.14 bits per heavy atom. The molecule has 5 nitrogen and oxygen atoms in total. The third-order valence-corrected chi connectivity index (χ3v) is 4.04. The van der Waals surface area contributed by atoms with Crippen LogP contribution in [0.25, 0.3) is 0 Å². The van der Waals surface area contributed by atoms with E-state index in [0.717, 1.165) is 16.8 Å². The van der Waals surface area contributed by atoms with Crippen LogP contribution >= 0.6 is 0 Å². The summed E-state index contributed by atoms with van der Waals surface area (Å²) in [5.41, 5.74) is 3.00. The predicted molar refractivity (Wildman–Crippen MR) is 81.6 cm³/mol. The van der Waals surface area contributed by atoms with Gasteiger partial charge in [-0.05, 0) is 23.6 Å². The summed E-state index contributed by atoms with van der Waals surface area (Å²) in [6, 6.07) is 13.2. The number of pyridine rings is 1. The molecule has 0 fully saturated rings. The van der Waals surface area contributed by atoms with Crippen molar-refractivity contribution >= 4 is 5.97 Å². The minimum atomic E-state index is -0.771. The number of benzene rings is 1. The van der Waals surface area contributed by atoms with Gasteiger partial charge < -0.3 is 15.2 Å². The normalized spacial score (nSPS) is 19.7. The van der Waals surface area contributed by atoms with Crippen LogP contribution in [-0.4, -0.2) is 23.2 Å². The molecule has 2 atom stereocenters. The first-order valence-electron chi connectivity index (χ1n) is 7.23. The van der Waals surface area contributed by atoms with Gasteiger partial charge >= 0.3 is 5.97 Å². The molecule has 0 radical (unpaired) electrons. The number of fused-ring (bicyclic) bond motifs is 1. The number of carboxylic acid groups (broad SMARTS) is 1. The fraction of sp³-hybridized carbons (Fsp3) is 0.294. The van der Waals surface area contributed by atoms with Crippen molar-refractivity contribution in [3.8, 4) is 5.88 Å². The van der Waals surface area contributed by atoms with Crippen LogP contribution in [0.15, 0.2) is 42.5 Å². The number of nitrogens with zero attached hydrogens (tertiary/aromatic N) is 1. The maximum absolute atomic E-state index is 11.5. The summed E-state index contributed by atoms with van der Waals surface area (Å²) in [5.74, 6) is -0.656. The summed E-state index contributed by atoms with van der Waals surface area (Å²) >= 11 is 0. The van der Waals surface area contributed by atoms with Crippen LogP contribution < -0.4 is 10.1 Å². The van der Waals surface area contributed by atoms with Crippen molar-refractivity contribution in [2.45, 2.75) is 19.0 Å². The Bertz CT molecular complexity index is 687. The third kappa shape index (κ3) is 2.80. The molecule has 114 valence electrons. The van der Waals surface area contributed by atoms with E-state index in [1.165, 1.54) is 0 Å². The van der Waals surface area contributed by atoms with E-state index in [-0.39, 0.29) is 6.04 Å². The topological polar surface area (TPSA) is 71.5 Å². The fourth-order valence-electron chi connectivity index (χ4n) is 2.96. The molecule has 1 aliphatic carbocycles. The second-order valence-corrected chi connectivity index (χ2v) is 5.38. The number of aliphatic carboxylic acids is 1. The number of methoxy groups -OCH3 is 1. The lowest BCUT2D eigenvalue weighted by Crippen LogP contribution is -2.30. The van der Waals surface area contributed by atoms with Crippen molar-refractivity contribution in [1.29, 1.82) is 0 Å². The van der Waals surface area contributed by atoms with Crippen LogP contribution in [0.3, 0.4) is 0 Å². The summed E-state index contributed by atoms with van der Waals surface area (Å²) in [5, 5.41) is 12.8. The number of nitrogens with one attached hydrogen (secondary N) is 1. The summed E-state index contributed by atoms with van der Waals surface area (Å²) in [6.45, 7) is 0.500. The van der Waals surface area contributed by atoms with E-state index >= 15 is 0 Å². The summed E-state index contributed by atoms with van der Waals surface area (Å²) in [4.78, 5) is 15.9. The average Bonchev–Trinajstić information content (AvgIpc) is 2.92. The lowest BCUT2D eigenvalue weighted by Gasteiger charge is -2.19. The molecule has 1 aromatic carbocycles. The van der Waals surface area contributed by atoms with Gasteiger partial charge in [-0.3, -0.25) is 4.79 Å². The standard InChI is InChI=1S/C17H18N2O3/c1-22-15-8-4-6-12(19-15)10-18-16-13-7-3-2-5-11(13)9-14(16)17(20)21/h2-8,14,16,18H,9-10H2,1H3,(H,20,21)/t14-,16+/m1/s1. The highest BCUT2D eigenvalue weighted by Crippen LogP contribution is 2.36. The lowest BCUT2D eigenvalue weighted by molar-refractivity contribution is -0.142. The molecule has 0 saturated carbocycles. The molecule has 0 aliphatic heterocycles. The SMILES string of the molecule is COc1cccc(CN[C@H]2c3ccccc3C[C@H]2C(=O)O)n1. The van der Waals surface area contributed by atoms with E-state index in [1.54, 1.807) is 13.2 Å². The highest BCUT2D eigenvalue weighted by Gasteiger charge is 2.36. The van der Waals surface area contributed by atoms with Gasteiger partial charge in [0, 0.05) is 18.7 Å². The molecule has 1 aliphatic rings. The van der Waals surface area contributed by atoms with Gasteiger partial charge in [-0.25, -0.2) is 4.98 Å². The first-order chi connectivity index (χ1) is 10.7. The van der Waals surface area contributed by atoms with Crippen molar-refractivity contribution in [3.63, 3.8) is 0 Å². The van der Waals surface area contributed by atoms with Crippen molar-refractivity contribution in [2.24, 2.45) is 5.92 Å². The molecule has 5 heteroatoms. The number of aromatic nitrogens is 1. The molecule has 0 bridgehead atoms. The average molecular weight is 298 g/mol. The fourth-order valence-corrected chi connectivity index (χ4v) is 2.96. The van der Waals surface area contributed by atoms with Crippen LogP contribution in [0.2, 0.25) is 0 Å². The van der Waals surface area contributed by atoms with Crippen LogP contribution in [-0.2, 0) is 17.8 Å². The van der Waals surface area contributed by atoms with Gasteiger partial charge in [0.15, 0.2) is 0 Å². The Morgan fingerprint density at radius 3 is 2.91 bits per heavy atom. The Labute approximate surface area is 129 Å². The van der Waals surface area contributed by atoms with E-state index in [9.17, 15) is 9.90 Å². The Morgan fingerprint density at radius 1 is 1.32 bits per heavy atom. The molecule has 3 rings (SSSR count). The Hall–Kier alpha value is -2.40. The molecule has 0 spiro atoms. The molecule has 1 aromatic heterocycles. The largest absolute Gasteiger partial charge is 0.481 e. The minimum Gasteiger partial charge on any atom is -0.481 e. The molecule has 1 heterocycles. The second kappa shape index (κ2) is 6.15. The summed E-state index contributed by atoms with van der Waals surface area (Å²) in [7, 11) is 1.58. The van der Waals surface area contributed by atoms with E-state index in [0.29, 0.717) is 18.8 Å². The third-order valence-electron chi connectivity index (χ3n) is 4.04. The van der Waals surface area contributed by atoms with E-state index < -0.39 is 11.9 Å². The predicted octanol–water partition coefficient (Wildman–Crippen LogP) is 2.18. The zero-order chi connectivity index (χ0) is 15.5.